The van der Waals surface area contributed by atoms with Crippen LogP contribution >= 0.6 is 15.9 Å². The normalized spacial score (nSPS) is 14.5. The molecule has 0 unspecified atom stereocenters. The maximum absolute atomic E-state index is 5.73. The predicted octanol–water partition coefficient (Wildman–Crippen LogP) is 4.05. The Labute approximate surface area is 118 Å². The van der Waals surface area contributed by atoms with Crippen LogP contribution in [0.3, 0.4) is 0 Å². The molecule has 1 aromatic rings. The molecule has 1 aliphatic rings. The van der Waals surface area contributed by atoms with Crippen molar-refractivity contribution in [3.05, 3.63) is 40.9 Å². The van der Waals surface area contributed by atoms with Crippen molar-refractivity contribution in [3.8, 4) is 5.75 Å². The third-order valence-electron chi connectivity index (χ3n) is 3.00. The highest BCUT2D eigenvalue weighted by atomic mass is 79.9. The van der Waals surface area contributed by atoms with Crippen molar-refractivity contribution in [2.24, 2.45) is 0 Å². The number of halogens is 1. The molecule has 0 heterocycles. The lowest BCUT2D eigenvalue weighted by atomic mass is 10.2. The summed E-state index contributed by atoms with van der Waals surface area (Å²) in [6.45, 7) is 5.37. The summed E-state index contributed by atoms with van der Waals surface area (Å²) in [6, 6.07) is 6.92. The molecule has 1 N–H and O–H groups in total. The van der Waals surface area contributed by atoms with Crippen LogP contribution in [-0.4, -0.2) is 12.6 Å². The summed E-state index contributed by atoms with van der Waals surface area (Å²) >= 11 is 3.59. The first-order valence-corrected chi connectivity index (χ1v) is 7.34. The molecule has 0 aliphatic heterocycles. The van der Waals surface area contributed by atoms with Crippen molar-refractivity contribution in [1.29, 1.82) is 0 Å². The molecule has 1 aliphatic carbocycles. The van der Waals surface area contributed by atoms with E-state index in [-0.39, 0.29) is 0 Å². The number of benzene rings is 1. The zero-order valence-electron chi connectivity index (χ0n) is 10.6. The van der Waals surface area contributed by atoms with Gasteiger partial charge < -0.3 is 10.1 Å². The SMILES string of the molecule is C=CCCCOc1ccc(Br)c(CNC2CC2)c1. The van der Waals surface area contributed by atoms with E-state index in [2.05, 4.69) is 40.0 Å². The Bertz CT molecular complexity index is 401. The number of ether oxygens (including phenoxy) is 1. The van der Waals surface area contributed by atoms with E-state index in [1.807, 2.05) is 12.1 Å². The summed E-state index contributed by atoms with van der Waals surface area (Å²) in [6.07, 6.45) is 6.59. The summed E-state index contributed by atoms with van der Waals surface area (Å²) < 4.78 is 6.88. The van der Waals surface area contributed by atoms with Gasteiger partial charge in [0, 0.05) is 17.1 Å². The van der Waals surface area contributed by atoms with E-state index in [4.69, 9.17) is 4.74 Å². The third kappa shape index (κ3) is 4.46. The topological polar surface area (TPSA) is 21.3 Å². The Morgan fingerprint density at radius 2 is 2.28 bits per heavy atom. The van der Waals surface area contributed by atoms with Crippen LogP contribution in [0.5, 0.6) is 5.75 Å². The molecule has 18 heavy (non-hydrogen) atoms. The fourth-order valence-electron chi connectivity index (χ4n) is 1.74. The van der Waals surface area contributed by atoms with Crippen LogP contribution in [0.2, 0.25) is 0 Å². The van der Waals surface area contributed by atoms with E-state index >= 15 is 0 Å². The van der Waals surface area contributed by atoms with Gasteiger partial charge in [-0.1, -0.05) is 22.0 Å². The van der Waals surface area contributed by atoms with E-state index in [0.29, 0.717) is 0 Å². The van der Waals surface area contributed by atoms with Crippen LogP contribution < -0.4 is 10.1 Å². The molecule has 2 rings (SSSR count). The summed E-state index contributed by atoms with van der Waals surface area (Å²) in [7, 11) is 0. The molecule has 0 spiro atoms. The molecule has 0 bridgehead atoms. The van der Waals surface area contributed by atoms with Gasteiger partial charge in [0.25, 0.3) is 0 Å². The fourth-order valence-corrected chi connectivity index (χ4v) is 2.12. The maximum Gasteiger partial charge on any atom is 0.119 e. The van der Waals surface area contributed by atoms with Crippen LogP contribution in [-0.2, 0) is 6.54 Å². The zero-order chi connectivity index (χ0) is 12.8. The maximum atomic E-state index is 5.73. The van der Waals surface area contributed by atoms with E-state index < -0.39 is 0 Å². The molecule has 0 aromatic heterocycles. The second kappa shape index (κ2) is 6.95. The quantitative estimate of drug-likeness (QED) is 0.578. The van der Waals surface area contributed by atoms with Crippen LogP contribution in [0.15, 0.2) is 35.3 Å². The average molecular weight is 310 g/mol. The average Bonchev–Trinajstić information content (AvgIpc) is 3.19. The monoisotopic (exact) mass is 309 g/mol. The molecule has 2 nitrogen and oxygen atoms in total. The summed E-state index contributed by atoms with van der Waals surface area (Å²) in [5, 5.41) is 3.52. The molecule has 1 fully saturated rings. The van der Waals surface area contributed by atoms with Gasteiger partial charge in [-0.3, -0.25) is 0 Å². The van der Waals surface area contributed by atoms with Crippen molar-refractivity contribution in [3.63, 3.8) is 0 Å². The third-order valence-corrected chi connectivity index (χ3v) is 3.77. The number of rotatable bonds is 8. The molecular weight excluding hydrogens is 290 g/mol. The summed E-state index contributed by atoms with van der Waals surface area (Å²) in [5.41, 5.74) is 1.27. The van der Waals surface area contributed by atoms with Crippen molar-refractivity contribution < 1.29 is 4.74 Å². The van der Waals surface area contributed by atoms with Crippen molar-refractivity contribution in [2.75, 3.05) is 6.61 Å². The Morgan fingerprint density at radius 3 is 3.00 bits per heavy atom. The molecule has 98 valence electrons. The Kier molecular flexibility index (Phi) is 5.26. The molecule has 3 heteroatoms. The molecule has 1 saturated carbocycles. The minimum atomic E-state index is 0.731. The molecule has 0 atom stereocenters. The zero-order valence-corrected chi connectivity index (χ0v) is 12.2. The number of hydrogen-bond acceptors (Lipinski definition) is 2. The van der Waals surface area contributed by atoms with Crippen molar-refractivity contribution in [1.82, 2.24) is 5.32 Å². The van der Waals surface area contributed by atoms with Gasteiger partial charge in [0.2, 0.25) is 0 Å². The fraction of sp³-hybridized carbons (Fsp3) is 0.467. The van der Waals surface area contributed by atoms with Crippen LogP contribution in [0.25, 0.3) is 0 Å². The van der Waals surface area contributed by atoms with Crippen molar-refractivity contribution >= 4 is 15.9 Å². The first kappa shape index (κ1) is 13.6. The second-order valence-corrected chi connectivity index (χ2v) is 5.54. The standard InChI is InChI=1S/C15H20BrNO/c1-2-3-4-9-18-14-7-8-15(16)12(10-14)11-17-13-5-6-13/h2,7-8,10,13,17H,1,3-6,9,11H2. The largest absolute Gasteiger partial charge is 0.494 e. The first-order chi connectivity index (χ1) is 8.79. The molecule has 0 saturated heterocycles. The van der Waals surface area contributed by atoms with Gasteiger partial charge in [0.15, 0.2) is 0 Å². The Morgan fingerprint density at radius 1 is 1.44 bits per heavy atom. The van der Waals surface area contributed by atoms with E-state index in [1.54, 1.807) is 0 Å². The van der Waals surface area contributed by atoms with Crippen LogP contribution in [0.4, 0.5) is 0 Å². The van der Waals surface area contributed by atoms with Gasteiger partial charge in [-0.2, -0.15) is 0 Å². The summed E-state index contributed by atoms with van der Waals surface area (Å²) in [4.78, 5) is 0. The highest BCUT2D eigenvalue weighted by Gasteiger charge is 2.20. The summed E-state index contributed by atoms with van der Waals surface area (Å²) in [5.74, 6) is 0.954. The number of nitrogens with one attached hydrogen (secondary N) is 1. The van der Waals surface area contributed by atoms with E-state index in [9.17, 15) is 0 Å². The van der Waals surface area contributed by atoms with Gasteiger partial charge in [0.05, 0.1) is 6.61 Å². The molecule has 0 radical (unpaired) electrons. The minimum Gasteiger partial charge on any atom is -0.494 e. The van der Waals surface area contributed by atoms with E-state index in [0.717, 1.165) is 42.3 Å². The predicted molar refractivity (Wildman–Crippen MR) is 78.9 cm³/mol. The molecule has 0 amide bonds. The van der Waals surface area contributed by atoms with Gasteiger partial charge in [0.1, 0.15) is 5.75 Å². The number of unbranched alkanes of at least 4 members (excludes halogenated alkanes) is 1. The smallest absolute Gasteiger partial charge is 0.119 e. The lowest BCUT2D eigenvalue weighted by molar-refractivity contribution is 0.311. The van der Waals surface area contributed by atoms with Gasteiger partial charge in [-0.25, -0.2) is 0 Å². The lowest BCUT2D eigenvalue weighted by Gasteiger charge is -2.10. The van der Waals surface area contributed by atoms with Gasteiger partial charge in [-0.15, -0.1) is 6.58 Å². The van der Waals surface area contributed by atoms with Crippen molar-refractivity contribution in [2.45, 2.75) is 38.3 Å². The Balaban J connectivity index is 1.85. The number of hydrogen-bond donors (Lipinski definition) is 1. The highest BCUT2D eigenvalue weighted by Crippen LogP contribution is 2.25. The second-order valence-electron chi connectivity index (χ2n) is 4.69. The Hall–Kier alpha value is -0.800. The van der Waals surface area contributed by atoms with E-state index in [1.165, 1.54) is 18.4 Å². The highest BCUT2D eigenvalue weighted by molar-refractivity contribution is 9.10. The van der Waals surface area contributed by atoms with Gasteiger partial charge in [-0.05, 0) is 49.4 Å². The van der Waals surface area contributed by atoms with Gasteiger partial charge >= 0.3 is 0 Å². The molecule has 1 aromatic carbocycles. The first-order valence-electron chi connectivity index (χ1n) is 6.55. The van der Waals surface area contributed by atoms with Crippen LogP contribution in [0.1, 0.15) is 31.2 Å². The van der Waals surface area contributed by atoms with Crippen LogP contribution in [0, 0.1) is 0 Å². The molecular formula is C15H20BrNO. The lowest BCUT2D eigenvalue weighted by Crippen LogP contribution is -2.15. The number of allylic oxidation sites excluding steroid dienone is 1. The minimum absolute atomic E-state index is 0.731.